The predicted molar refractivity (Wildman–Crippen MR) is 164 cm³/mol. The molecule has 1 aromatic carbocycles. The van der Waals surface area contributed by atoms with Crippen molar-refractivity contribution in [3.8, 4) is 5.75 Å². The number of amides is 2. The van der Waals surface area contributed by atoms with E-state index in [0.717, 1.165) is 45.4 Å². The number of aromatic nitrogens is 1. The van der Waals surface area contributed by atoms with E-state index in [0.29, 0.717) is 26.0 Å². The topological polar surface area (TPSA) is 79.7 Å². The molecule has 0 bridgehead atoms. The molecule has 0 unspecified atom stereocenters. The third kappa shape index (κ3) is 5.57. The van der Waals surface area contributed by atoms with Crippen molar-refractivity contribution in [3.63, 3.8) is 0 Å². The lowest BCUT2D eigenvalue weighted by Crippen LogP contribution is -2.34. The molecule has 1 N–H and O–H groups in total. The van der Waals surface area contributed by atoms with Gasteiger partial charge in [-0.1, -0.05) is 47.0 Å². The van der Waals surface area contributed by atoms with Gasteiger partial charge in [-0.2, -0.15) is 0 Å². The fraction of sp³-hybridized carbons (Fsp3) is 0.364. The standard InChI is InChI=1S/C33H33BrN2O4S/c1-2-6-21-17-25-31(33(39)36(32(25)38)18-24-7-5-14-41-24)26-19-40-29(30(21)26)12-9-20(27-8-3-4-13-35-27)15-22-16-23(34)10-11-28(22)37/h3-5,7-8,10-11,13-16,25-26,29,31,37H,2,6,9,12,17-19H2,1H3/b20-15-/t25-,26+,29-,31-/m1/s1. The maximum atomic E-state index is 13.7. The van der Waals surface area contributed by atoms with Crippen LogP contribution in [0.4, 0.5) is 0 Å². The molecule has 0 spiro atoms. The summed E-state index contributed by atoms with van der Waals surface area (Å²) in [5.74, 6) is -0.548. The lowest BCUT2D eigenvalue weighted by atomic mass is 9.68. The summed E-state index contributed by atoms with van der Waals surface area (Å²) in [6.45, 7) is 2.99. The molecular formula is C33H33BrN2O4S. The Morgan fingerprint density at radius 1 is 1.17 bits per heavy atom. The van der Waals surface area contributed by atoms with Gasteiger partial charge in [0.2, 0.25) is 11.8 Å². The minimum atomic E-state index is -0.340. The van der Waals surface area contributed by atoms with Crippen LogP contribution in [0, 0.1) is 17.8 Å². The second kappa shape index (κ2) is 12.0. The minimum Gasteiger partial charge on any atom is -0.507 e. The van der Waals surface area contributed by atoms with Gasteiger partial charge in [-0.15, -0.1) is 11.3 Å². The largest absolute Gasteiger partial charge is 0.507 e. The molecule has 3 aliphatic rings. The number of aromatic hydroxyl groups is 1. The van der Waals surface area contributed by atoms with E-state index in [4.69, 9.17) is 4.74 Å². The molecule has 2 amide bonds. The summed E-state index contributed by atoms with van der Waals surface area (Å²) < 4.78 is 7.33. The van der Waals surface area contributed by atoms with Gasteiger partial charge in [0, 0.05) is 27.0 Å². The van der Waals surface area contributed by atoms with Crippen molar-refractivity contribution in [3.05, 3.63) is 91.9 Å². The fourth-order valence-corrected chi connectivity index (χ4v) is 7.80. The average Bonchev–Trinajstić information content (AvgIpc) is 3.70. The van der Waals surface area contributed by atoms with Gasteiger partial charge in [-0.3, -0.25) is 19.5 Å². The van der Waals surface area contributed by atoms with Crippen LogP contribution in [0.1, 0.15) is 55.2 Å². The normalized spacial score (nSPS) is 24.2. The third-order valence-corrected chi connectivity index (χ3v) is 9.89. The molecule has 8 heteroatoms. The zero-order valence-electron chi connectivity index (χ0n) is 23.0. The number of halogens is 1. The Kier molecular flexibility index (Phi) is 8.24. The summed E-state index contributed by atoms with van der Waals surface area (Å²) in [4.78, 5) is 34.3. The highest BCUT2D eigenvalue weighted by Crippen LogP contribution is 2.51. The van der Waals surface area contributed by atoms with Gasteiger partial charge in [0.25, 0.3) is 0 Å². The Bertz CT molecular complexity index is 1500. The van der Waals surface area contributed by atoms with Crippen LogP contribution in [0.2, 0.25) is 0 Å². The number of phenolic OH excluding ortho intramolecular Hbond substituents is 1. The van der Waals surface area contributed by atoms with Crippen LogP contribution in [0.3, 0.4) is 0 Å². The van der Waals surface area contributed by atoms with Crippen LogP contribution in [-0.2, 0) is 20.9 Å². The van der Waals surface area contributed by atoms with Gasteiger partial charge in [0.05, 0.1) is 36.8 Å². The number of phenols is 1. The van der Waals surface area contributed by atoms with Crippen molar-refractivity contribution >= 4 is 50.7 Å². The molecule has 3 aromatic rings. The van der Waals surface area contributed by atoms with E-state index in [2.05, 4.69) is 27.8 Å². The van der Waals surface area contributed by atoms with E-state index >= 15 is 0 Å². The van der Waals surface area contributed by atoms with Crippen LogP contribution in [0.5, 0.6) is 5.75 Å². The smallest absolute Gasteiger partial charge is 0.234 e. The predicted octanol–water partition coefficient (Wildman–Crippen LogP) is 7.25. The summed E-state index contributed by atoms with van der Waals surface area (Å²) in [7, 11) is 0. The van der Waals surface area contributed by atoms with Crippen molar-refractivity contribution in [1.82, 2.24) is 9.88 Å². The van der Waals surface area contributed by atoms with Crippen LogP contribution < -0.4 is 0 Å². The molecule has 2 saturated heterocycles. The first-order valence-corrected chi connectivity index (χ1v) is 15.9. The molecule has 41 heavy (non-hydrogen) atoms. The molecule has 2 fully saturated rings. The number of carbonyl (C=O) groups is 2. The van der Waals surface area contributed by atoms with Gasteiger partial charge in [-0.25, -0.2) is 0 Å². The van der Waals surface area contributed by atoms with Crippen molar-refractivity contribution in [1.29, 1.82) is 0 Å². The average molecular weight is 634 g/mol. The van der Waals surface area contributed by atoms with E-state index in [9.17, 15) is 14.7 Å². The Hall–Kier alpha value is -3.07. The molecule has 6 nitrogen and oxygen atoms in total. The lowest BCUT2D eigenvalue weighted by molar-refractivity contribution is -0.140. The second-order valence-electron chi connectivity index (χ2n) is 11.0. The van der Waals surface area contributed by atoms with Crippen LogP contribution in [0.25, 0.3) is 11.6 Å². The van der Waals surface area contributed by atoms with E-state index in [1.54, 1.807) is 23.6 Å². The first kappa shape index (κ1) is 28.1. The van der Waals surface area contributed by atoms with Crippen molar-refractivity contribution < 1.29 is 19.4 Å². The molecular weight excluding hydrogens is 600 g/mol. The molecule has 2 aromatic heterocycles. The number of hydrogen-bond donors (Lipinski definition) is 1. The quantitative estimate of drug-likeness (QED) is 0.198. The van der Waals surface area contributed by atoms with Crippen molar-refractivity contribution in [2.24, 2.45) is 17.8 Å². The van der Waals surface area contributed by atoms with E-state index in [1.807, 2.05) is 53.9 Å². The van der Waals surface area contributed by atoms with Crippen LogP contribution >= 0.6 is 27.3 Å². The molecule has 4 atom stereocenters. The number of thiophene rings is 1. The Balaban J connectivity index is 1.27. The number of hydrogen-bond acceptors (Lipinski definition) is 6. The minimum absolute atomic E-state index is 0.0290. The molecule has 0 radical (unpaired) electrons. The number of rotatable bonds is 9. The maximum absolute atomic E-state index is 13.7. The van der Waals surface area contributed by atoms with Crippen LogP contribution in [0.15, 0.2) is 75.7 Å². The summed E-state index contributed by atoms with van der Waals surface area (Å²) in [5, 5.41) is 12.5. The number of fused-ring (bicyclic) bond motifs is 3. The van der Waals surface area contributed by atoms with Gasteiger partial charge in [-0.05, 0) is 84.7 Å². The Morgan fingerprint density at radius 3 is 2.80 bits per heavy atom. The molecule has 2 aliphatic heterocycles. The highest BCUT2D eigenvalue weighted by Gasteiger charge is 2.56. The number of ether oxygens (including phenoxy) is 1. The van der Waals surface area contributed by atoms with E-state index < -0.39 is 0 Å². The number of benzene rings is 1. The first-order chi connectivity index (χ1) is 19.9. The second-order valence-corrected chi connectivity index (χ2v) is 13.0. The Labute approximate surface area is 252 Å². The van der Waals surface area contributed by atoms with Gasteiger partial charge in [0.15, 0.2) is 0 Å². The number of nitrogens with zero attached hydrogens (tertiary/aromatic N) is 2. The van der Waals surface area contributed by atoms with Gasteiger partial charge < -0.3 is 9.84 Å². The molecule has 4 heterocycles. The van der Waals surface area contributed by atoms with Crippen LogP contribution in [-0.4, -0.2) is 39.5 Å². The van der Waals surface area contributed by atoms with Gasteiger partial charge in [0.1, 0.15) is 5.75 Å². The Morgan fingerprint density at radius 2 is 2.05 bits per heavy atom. The van der Waals surface area contributed by atoms with Crippen molar-refractivity contribution in [2.45, 2.75) is 51.7 Å². The SMILES string of the molecule is CCCC1=C2[C@@H](CC/C(=C/c3cc(Br)ccc3O)c3ccccn3)OC[C@@H]2[C@@H]2C(=O)N(Cc3cccs3)C(=O)[C@@H]2C1. The number of pyridine rings is 1. The molecule has 6 rings (SSSR count). The fourth-order valence-electron chi connectivity index (χ4n) is 6.73. The van der Waals surface area contributed by atoms with E-state index in [-0.39, 0.29) is 41.4 Å². The lowest BCUT2D eigenvalue weighted by Gasteiger charge is -2.32. The summed E-state index contributed by atoms with van der Waals surface area (Å²) in [6.07, 6.45) is 7.62. The molecule has 0 saturated carbocycles. The van der Waals surface area contributed by atoms with Crippen molar-refractivity contribution in [2.75, 3.05) is 6.61 Å². The highest BCUT2D eigenvalue weighted by molar-refractivity contribution is 9.10. The summed E-state index contributed by atoms with van der Waals surface area (Å²) in [6, 6.07) is 15.2. The number of carbonyl (C=O) groups excluding carboxylic acids is 2. The monoisotopic (exact) mass is 632 g/mol. The number of allylic oxidation sites excluding steroid dienone is 2. The van der Waals surface area contributed by atoms with Gasteiger partial charge >= 0.3 is 0 Å². The highest BCUT2D eigenvalue weighted by atomic mass is 79.9. The zero-order chi connectivity index (χ0) is 28.5. The van der Waals surface area contributed by atoms with E-state index in [1.165, 1.54) is 16.0 Å². The molecule has 212 valence electrons. The maximum Gasteiger partial charge on any atom is 0.234 e. The third-order valence-electron chi connectivity index (χ3n) is 8.53. The zero-order valence-corrected chi connectivity index (χ0v) is 25.4. The summed E-state index contributed by atoms with van der Waals surface area (Å²) >= 11 is 5.09. The molecule has 1 aliphatic carbocycles. The number of imide groups is 1. The number of likely N-dealkylation sites (tertiary alicyclic amines) is 1. The summed E-state index contributed by atoms with van der Waals surface area (Å²) in [5.41, 5.74) is 5.13. The first-order valence-electron chi connectivity index (χ1n) is 14.3.